The van der Waals surface area contributed by atoms with E-state index < -0.39 is 12.0 Å². The third kappa shape index (κ3) is 4.83. The standard InChI is InChI=1S/C20H24N2O3/c1-13(2)11-18(20(24)25-3)22-19(23)17-12-15(21)9-10-16(17)14-7-5-4-6-8-14/h4-10,12-13,18H,11,21H2,1-3H3,(H,22,23)/t18-/m0/s1. The van der Waals surface area contributed by atoms with Crippen LogP contribution in [0.5, 0.6) is 0 Å². The van der Waals surface area contributed by atoms with Crippen molar-refractivity contribution in [1.82, 2.24) is 5.32 Å². The highest BCUT2D eigenvalue weighted by Gasteiger charge is 2.24. The van der Waals surface area contributed by atoms with Crippen LogP contribution in [0, 0.1) is 5.92 Å². The van der Waals surface area contributed by atoms with Crippen molar-refractivity contribution < 1.29 is 14.3 Å². The second kappa shape index (κ2) is 8.33. The fourth-order valence-electron chi connectivity index (χ4n) is 2.68. The summed E-state index contributed by atoms with van der Waals surface area (Å²) in [4.78, 5) is 24.8. The number of rotatable bonds is 6. The van der Waals surface area contributed by atoms with Gasteiger partial charge in [-0.15, -0.1) is 0 Å². The van der Waals surface area contributed by atoms with Crippen molar-refractivity contribution in [3.8, 4) is 11.1 Å². The lowest BCUT2D eigenvalue weighted by Crippen LogP contribution is -2.42. The third-order valence-corrected chi connectivity index (χ3v) is 3.87. The Bertz CT molecular complexity index is 742. The Morgan fingerprint density at radius 1 is 1.12 bits per heavy atom. The van der Waals surface area contributed by atoms with Crippen LogP contribution in [0.1, 0.15) is 30.6 Å². The van der Waals surface area contributed by atoms with E-state index >= 15 is 0 Å². The zero-order chi connectivity index (χ0) is 18.4. The van der Waals surface area contributed by atoms with Gasteiger partial charge in [0.1, 0.15) is 6.04 Å². The van der Waals surface area contributed by atoms with Gasteiger partial charge in [-0.1, -0.05) is 50.2 Å². The minimum Gasteiger partial charge on any atom is -0.467 e. The van der Waals surface area contributed by atoms with Crippen LogP contribution in [0.15, 0.2) is 48.5 Å². The molecule has 0 aromatic heterocycles. The number of methoxy groups -OCH3 is 1. The Balaban J connectivity index is 2.34. The molecule has 0 unspecified atom stereocenters. The topological polar surface area (TPSA) is 81.4 Å². The van der Waals surface area contributed by atoms with Gasteiger partial charge in [0.2, 0.25) is 0 Å². The van der Waals surface area contributed by atoms with Gasteiger partial charge in [-0.05, 0) is 35.6 Å². The quantitative estimate of drug-likeness (QED) is 0.625. The number of nitrogens with one attached hydrogen (secondary N) is 1. The molecule has 0 aliphatic rings. The normalized spacial score (nSPS) is 11.8. The van der Waals surface area contributed by atoms with Crippen molar-refractivity contribution in [1.29, 1.82) is 0 Å². The van der Waals surface area contributed by atoms with Crippen LogP contribution in [-0.2, 0) is 9.53 Å². The van der Waals surface area contributed by atoms with Gasteiger partial charge in [-0.2, -0.15) is 0 Å². The number of benzene rings is 2. The van der Waals surface area contributed by atoms with E-state index in [4.69, 9.17) is 10.5 Å². The minimum absolute atomic E-state index is 0.235. The van der Waals surface area contributed by atoms with Crippen LogP contribution in [0.3, 0.4) is 0 Å². The van der Waals surface area contributed by atoms with Crippen LogP contribution in [0.4, 0.5) is 5.69 Å². The number of carbonyl (C=O) groups excluding carboxylic acids is 2. The van der Waals surface area contributed by atoms with Crippen LogP contribution in [0.2, 0.25) is 0 Å². The SMILES string of the molecule is COC(=O)[C@H](CC(C)C)NC(=O)c1cc(N)ccc1-c1ccccc1. The summed E-state index contributed by atoms with van der Waals surface area (Å²) in [5.41, 5.74) is 8.47. The number of ether oxygens (including phenoxy) is 1. The maximum Gasteiger partial charge on any atom is 0.328 e. The van der Waals surface area contributed by atoms with Gasteiger partial charge < -0.3 is 15.8 Å². The fraction of sp³-hybridized carbons (Fsp3) is 0.300. The molecule has 132 valence electrons. The lowest BCUT2D eigenvalue weighted by atomic mass is 9.97. The molecule has 0 saturated heterocycles. The molecule has 25 heavy (non-hydrogen) atoms. The number of nitrogens with two attached hydrogens (primary N) is 1. The van der Waals surface area contributed by atoms with Crippen molar-refractivity contribution >= 4 is 17.6 Å². The molecule has 1 amide bonds. The largest absolute Gasteiger partial charge is 0.467 e. The molecular formula is C20H24N2O3. The highest BCUT2D eigenvalue weighted by atomic mass is 16.5. The molecular weight excluding hydrogens is 316 g/mol. The average molecular weight is 340 g/mol. The smallest absolute Gasteiger partial charge is 0.328 e. The van der Waals surface area contributed by atoms with Crippen LogP contribution >= 0.6 is 0 Å². The number of amides is 1. The van der Waals surface area contributed by atoms with Crippen LogP contribution < -0.4 is 11.1 Å². The van der Waals surface area contributed by atoms with Crippen molar-refractivity contribution in [3.05, 3.63) is 54.1 Å². The zero-order valence-corrected chi connectivity index (χ0v) is 14.8. The molecule has 2 rings (SSSR count). The number of esters is 1. The second-order valence-electron chi connectivity index (χ2n) is 6.35. The van der Waals surface area contributed by atoms with E-state index in [2.05, 4.69) is 5.32 Å². The molecule has 0 heterocycles. The molecule has 0 aliphatic heterocycles. The first-order chi connectivity index (χ1) is 11.9. The van der Waals surface area contributed by atoms with Gasteiger partial charge in [0.05, 0.1) is 7.11 Å². The molecule has 0 spiro atoms. The molecule has 1 atom stereocenters. The second-order valence-corrected chi connectivity index (χ2v) is 6.35. The van der Waals surface area contributed by atoms with E-state index in [0.29, 0.717) is 17.7 Å². The van der Waals surface area contributed by atoms with E-state index in [1.165, 1.54) is 7.11 Å². The van der Waals surface area contributed by atoms with Crippen molar-refractivity contribution in [3.63, 3.8) is 0 Å². The van der Waals surface area contributed by atoms with Crippen LogP contribution in [0.25, 0.3) is 11.1 Å². The lowest BCUT2D eigenvalue weighted by molar-refractivity contribution is -0.143. The van der Waals surface area contributed by atoms with E-state index in [0.717, 1.165) is 11.1 Å². The van der Waals surface area contributed by atoms with Gasteiger partial charge in [-0.25, -0.2) is 4.79 Å². The van der Waals surface area contributed by atoms with Crippen molar-refractivity contribution in [2.75, 3.05) is 12.8 Å². The summed E-state index contributed by atoms with van der Waals surface area (Å²) in [7, 11) is 1.32. The zero-order valence-electron chi connectivity index (χ0n) is 14.8. The number of anilines is 1. The number of hydrogen-bond donors (Lipinski definition) is 2. The number of nitrogen functional groups attached to an aromatic ring is 1. The van der Waals surface area contributed by atoms with E-state index in [9.17, 15) is 9.59 Å². The van der Waals surface area contributed by atoms with E-state index in [1.54, 1.807) is 12.1 Å². The monoisotopic (exact) mass is 340 g/mol. The Morgan fingerprint density at radius 2 is 1.80 bits per heavy atom. The molecule has 3 N–H and O–H groups in total. The molecule has 2 aromatic carbocycles. The summed E-state index contributed by atoms with van der Waals surface area (Å²) in [6.07, 6.45) is 0.501. The van der Waals surface area contributed by atoms with E-state index in [1.807, 2.05) is 50.2 Å². The first-order valence-electron chi connectivity index (χ1n) is 8.26. The van der Waals surface area contributed by atoms with Crippen molar-refractivity contribution in [2.45, 2.75) is 26.3 Å². The summed E-state index contributed by atoms with van der Waals surface area (Å²) >= 11 is 0. The lowest BCUT2D eigenvalue weighted by Gasteiger charge is -2.19. The summed E-state index contributed by atoms with van der Waals surface area (Å²) in [6.45, 7) is 3.97. The predicted molar refractivity (Wildman–Crippen MR) is 99.0 cm³/mol. The summed E-state index contributed by atoms with van der Waals surface area (Å²) in [5.74, 6) is -0.562. The Hall–Kier alpha value is -2.82. The van der Waals surface area contributed by atoms with E-state index in [-0.39, 0.29) is 11.8 Å². The first kappa shape index (κ1) is 18.5. The molecule has 0 radical (unpaired) electrons. The Morgan fingerprint density at radius 3 is 2.40 bits per heavy atom. The molecule has 5 nitrogen and oxygen atoms in total. The maximum atomic E-state index is 12.8. The van der Waals surface area contributed by atoms with Crippen molar-refractivity contribution in [2.24, 2.45) is 5.92 Å². The molecule has 0 bridgehead atoms. The third-order valence-electron chi connectivity index (χ3n) is 3.87. The summed E-state index contributed by atoms with van der Waals surface area (Å²) in [5, 5.41) is 2.78. The maximum absolute atomic E-state index is 12.8. The first-order valence-corrected chi connectivity index (χ1v) is 8.26. The number of hydrogen-bond acceptors (Lipinski definition) is 4. The molecule has 0 saturated carbocycles. The summed E-state index contributed by atoms with van der Waals surface area (Å²) < 4.78 is 4.81. The Labute approximate surface area is 148 Å². The predicted octanol–water partition coefficient (Wildman–Crippen LogP) is 3.25. The number of carbonyl (C=O) groups is 2. The van der Waals surface area contributed by atoms with Crippen LogP contribution in [-0.4, -0.2) is 25.0 Å². The Kier molecular flexibility index (Phi) is 6.17. The molecule has 0 fully saturated rings. The van der Waals surface area contributed by atoms with Gasteiger partial charge in [-0.3, -0.25) is 4.79 Å². The minimum atomic E-state index is -0.692. The highest BCUT2D eigenvalue weighted by Crippen LogP contribution is 2.26. The fourth-order valence-corrected chi connectivity index (χ4v) is 2.68. The summed E-state index contributed by atoms with van der Waals surface area (Å²) in [6, 6.07) is 14.1. The average Bonchev–Trinajstić information content (AvgIpc) is 2.60. The van der Waals surface area contributed by atoms with Gasteiger partial charge in [0.25, 0.3) is 5.91 Å². The van der Waals surface area contributed by atoms with Gasteiger partial charge >= 0.3 is 5.97 Å². The van der Waals surface area contributed by atoms with Gasteiger partial charge in [0.15, 0.2) is 0 Å². The molecule has 2 aromatic rings. The molecule has 0 aliphatic carbocycles. The highest BCUT2D eigenvalue weighted by molar-refractivity contribution is 6.03. The molecule has 5 heteroatoms. The van der Waals surface area contributed by atoms with Gasteiger partial charge in [0, 0.05) is 11.3 Å².